The molecule has 1 heterocycles. The minimum absolute atomic E-state index is 0.485. The number of nitrogens with two attached hydrogens (primary N) is 1. The number of halogens is 2. The van der Waals surface area contributed by atoms with Crippen LogP contribution < -0.4 is 5.73 Å². The predicted octanol–water partition coefficient (Wildman–Crippen LogP) is 3.03. The van der Waals surface area contributed by atoms with Crippen molar-refractivity contribution in [2.24, 2.45) is 0 Å². The van der Waals surface area contributed by atoms with Crippen LogP contribution in [0.2, 0.25) is 10.0 Å². The van der Waals surface area contributed by atoms with E-state index < -0.39 is 0 Å². The van der Waals surface area contributed by atoms with E-state index in [1.165, 1.54) is 6.20 Å². The molecule has 1 aromatic heterocycles. The van der Waals surface area contributed by atoms with Gasteiger partial charge in [0.15, 0.2) is 0 Å². The molecule has 2 N–H and O–H groups in total. The molecule has 0 aliphatic carbocycles. The molecule has 2 aromatic rings. The van der Waals surface area contributed by atoms with E-state index in [1.807, 2.05) is 6.07 Å². The Morgan fingerprint density at radius 3 is 2.53 bits per heavy atom. The Morgan fingerprint density at radius 1 is 1.07 bits per heavy atom. The summed E-state index contributed by atoms with van der Waals surface area (Å²) in [4.78, 5) is 0. The van der Waals surface area contributed by atoms with Crippen molar-refractivity contribution in [1.29, 1.82) is 0 Å². The highest BCUT2D eigenvalue weighted by Gasteiger charge is 2.03. The monoisotopic (exact) mass is 239 g/mol. The van der Waals surface area contributed by atoms with Crippen molar-refractivity contribution in [3.8, 4) is 11.3 Å². The second-order valence-corrected chi connectivity index (χ2v) is 3.82. The lowest BCUT2D eigenvalue weighted by molar-refractivity contribution is 1.04. The van der Waals surface area contributed by atoms with E-state index in [0.717, 1.165) is 5.56 Å². The summed E-state index contributed by atoms with van der Waals surface area (Å²) in [5.74, 6) is 0. The zero-order chi connectivity index (χ0) is 10.8. The summed E-state index contributed by atoms with van der Waals surface area (Å²) in [7, 11) is 0. The Bertz CT molecular complexity index is 500. The molecule has 0 radical (unpaired) electrons. The van der Waals surface area contributed by atoms with Crippen molar-refractivity contribution in [3.63, 3.8) is 0 Å². The Morgan fingerprint density at radius 2 is 1.87 bits per heavy atom. The van der Waals surface area contributed by atoms with Crippen molar-refractivity contribution in [1.82, 2.24) is 10.2 Å². The van der Waals surface area contributed by atoms with E-state index in [-0.39, 0.29) is 0 Å². The molecule has 76 valence electrons. The molecule has 0 aliphatic rings. The zero-order valence-electron chi connectivity index (χ0n) is 7.61. The van der Waals surface area contributed by atoms with Crippen LogP contribution in [0.3, 0.4) is 0 Å². The standard InChI is InChI=1S/C10H7Cl2N3/c11-8-2-1-6(3-9(8)12)10-4-7(13)5-14-15-10/h1-5H,(H2,13,15). The van der Waals surface area contributed by atoms with Crippen LogP contribution in [0.15, 0.2) is 30.5 Å². The van der Waals surface area contributed by atoms with Gasteiger partial charge < -0.3 is 5.73 Å². The first-order valence-corrected chi connectivity index (χ1v) is 4.96. The summed E-state index contributed by atoms with van der Waals surface area (Å²) in [6.45, 7) is 0. The lowest BCUT2D eigenvalue weighted by Crippen LogP contribution is -1.91. The average Bonchev–Trinajstić information content (AvgIpc) is 2.22. The maximum absolute atomic E-state index is 5.89. The summed E-state index contributed by atoms with van der Waals surface area (Å²) in [6.07, 6.45) is 1.49. The number of nitrogens with zero attached hydrogens (tertiary/aromatic N) is 2. The van der Waals surface area contributed by atoms with Crippen molar-refractivity contribution in [2.75, 3.05) is 5.73 Å². The van der Waals surface area contributed by atoms with Crippen LogP contribution in [0, 0.1) is 0 Å². The van der Waals surface area contributed by atoms with E-state index in [9.17, 15) is 0 Å². The molecular weight excluding hydrogens is 233 g/mol. The van der Waals surface area contributed by atoms with E-state index in [0.29, 0.717) is 21.4 Å². The third-order valence-corrected chi connectivity index (χ3v) is 2.63. The molecule has 15 heavy (non-hydrogen) atoms. The number of hydrogen-bond acceptors (Lipinski definition) is 3. The topological polar surface area (TPSA) is 51.8 Å². The SMILES string of the molecule is Nc1cnnc(-c2ccc(Cl)c(Cl)c2)c1. The minimum atomic E-state index is 0.485. The summed E-state index contributed by atoms with van der Waals surface area (Å²) in [5, 5.41) is 8.71. The number of anilines is 1. The predicted molar refractivity (Wildman–Crippen MR) is 61.9 cm³/mol. The highest BCUT2D eigenvalue weighted by atomic mass is 35.5. The van der Waals surface area contributed by atoms with Crippen LogP contribution in [0.4, 0.5) is 5.69 Å². The highest BCUT2D eigenvalue weighted by molar-refractivity contribution is 6.42. The van der Waals surface area contributed by atoms with Gasteiger partial charge in [0.25, 0.3) is 0 Å². The maximum Gasteiger partial charge on any atom is 0.0950 e. The van der Waals surface area contributed by atoms with Gasteiger partial charge >= 0.3 is 0 Å². The molecule has 0 fully saturated rings. The zero-order valence-corrected chi connectivity index (χ0v) is 9.13. The quantitative estimate of drug-likeness (QED) is 0.833. The molecule has 3 nitrogen and oxygen atoms in total. The first-order valence-electron chi connectivity index (χ1n) is 4.20. The van der Waals surface area contributed by atoms with Gasteiger partial charge in [0.2, 0.25) is 0 Å². The summed E-state index contributed by atoms with van der Waals surface area (Å²) >= 11 is 11.7. The van der Waals surface area contributed by atoms with E-state index in [1.54, 1.807) is 18.2 Å². The van der Waals surface area contributed by atoms with Crippen LogP contribution in [0.1, 0.15) is 0 Å². The summed E-state index contributed by atoms with van der Waals surface area (Å²) in [5.41, 5.74) is 7.68. The Kier molecular flexibility index (Phi) is 2.75. The third-order valence-electron chi connectivity index (χ3n) is 1.89. The summed E-state index contributed by atoms with van der Waals surface area (Å²) in [6, 6.07) is 6.99. The van der Waals surface area contributed by atoms with Gasteiger partial charge in [-0.2, -0.15) is 10.2 Å². The first kappa shape index (κ1) is 10.2. The van der Waals surface area contributed by atoms with Crippen molar-refractivity contribution < 1.29 is 0 Å². The lowest BCUT2D eigenvalue weighted by atomic mass is 10.1. The highest BCUT2D eigenvalue weighted by Crippen LogP contribution is 2.27. The van der Waals surface area contributed by atoms with Crippen LogP contribution in [0.5, 0.6) is 0 Å². The van der Waals surface area contributed by atoms with E-state index in [4.69, 9.17) is 28.9 Å². The smallest absolute Gasteiger partial charge is 0.0950 e. The van der Waals surface area contributed by atoms with Crippen molar-refractivity contribution >= 4 is 28.9 Å². The molecule has 2 rings (SSSR count). The van der Waals surface area contributed by atoms with Gasteiger partial charge in [-0.1, -0.05) is 29.3 Å². The van der Waals surface area contributed by atoms with Gasteiger partial charge in [-0.15, -0.1) is 0 Å². The lowest BCUT2D eigenvalue weighted by Gasteiger charge is -2.02. The van der Waals surface area contributed by atoms with E-state index >= 15 is 0 Å². The number of rotatable bonds is 1. The minimum Gasteiger partial charge on any atom is -0.397 e. The van der Waals surface area contributed by atoms with Gasteiger partial charge in [0, 0.05) is 5.56 Å². The molecule has 0 saturated carbocycles. The molecule has 0 atom stereocenters. The number of benzene rings is 1. The average molecular weight is 240 g/mol. The number of nitrogen functional groups attached to an aromatic ring is 1. The van der Waals surface area contributed by atoms with Crippen LogP contribution in [-0.4, -0.2) is 10.2 Å². The molecule has 0 aliphatic heterocycles. The molecule has 0 spiro atoms. The van der Waals surface area contributed by atoms with Gasteiger partial charge in [0.05, 0.1) is 27.6 Å². The number of hydrogen-bond donors (Lipinski definition) is 1. The molecular formula is C10H7Cl2N3. The molecule has 0 unspecified atom stereocenters. The third kappa shape index (κ3) is 2.19. The Hall–Kier alpha value is -1.32. The molecule has 1 aromatic carbocycles. The molecule has 0 bridgehead atoms. The van der Waals surface area contributed by atoms with Gasteiger partial charge in [0.1, 0.15) is 0 Å². The van der Waals surface area contributed by atoms with Crippen LogP contribution in [0.25, 0.3) is 11.3 Å². The normalized spacial score (nSPS) is 10.3. The second-order valence-electron chi connectivity index (χ2n) is 3.00. The first-order chi connectivity index (χ1) is 7.16. The molecule has 0 saturated heterocycles. The number of aromatic nitrogens is 2. The fourth-order valence-electron chi connectivity index (χ4n) is 1.18. The largest absolute Gasteiger partial charge is 0.397 e. The second kappa shape index (κ2) is 4.04. The van der Waals surface area contributed by atoms with Crippen molar-refractivity contribution in [2.45, 2.75) is 0 Å². The summed E-state index contributed by atoms with van der Waals surface area (Å²) < 4.78 is 0. The van der Waals surface area contributed by atoms with Crippen molar-refractivity contribution in [3.05, 3.63) is 40.5 Å². The fourth-order valence-corrected chi connectivity index (χ4v) is 1.48. The Labute approximate surface area is 96.8 Å². The maximum atomic E-state index is 5.89. The van der Waals surface area contributed by atoms with Crippen LogP contribution in [-0.2, 0) is 0 Å². The Balaban J connectivity index is 2.50. The fraction of sp³-hybridized carbons (Fsp3) is 0. The van der Waals surface area contributed by atoms with Gasteiger partial charge in [-0.3, -0.25) is 0 Å². The molecule has 0 amide bonds. The van der Waals surface area contributed by atoms with Gasteiger partial charge in [-0.25, -0.2) is 0 Å². The van der Waals surface area contributed by atoms with Crippen LogP contribution >= 0.6 is 23.2 Å². The molecule has 5 heteroatoms. The van der Waals surface area contributed by atoms with Gasteiger partial charge in [-0.05, 0) is 18.2 Å². The van der Waals surface area contributed by atoms with E-state index in [2.05, 4.69) is 10.2 Å².